The Morgan fingerprint density at radius 3 is 2.52 bits per heavy atom. The molecule has 0 bridgehead atoms. The van der Waals surface area contributed by atoms with Crippen LogP contribution < -0.4 is 10.1 Å². The first-order chi connectivity index (χ1) is 15.0. The molecular formula is C24H30N2O4S. The van der Waals surface area contributed by atoms with Gasteiger partial charge in [0, 0.05) is 19.0 Å². The van der Waals surface area contributed by atoms with Gasteiger partial charge in [0.1, 0.15) is 5.75 Å². The average Bonchev–Trinajstić information content (AvgIpc) is 2.80. The Kier molecular flexibility index (Phi) is 6.62. The number of sulfonamides is 1. The summed E-state index contributed by atoms with van der Waals surface area (Å²) in [5.41, 5.74) is 3.08. The van der Waals surface area contributed by atoms with Crippen LogP contribution in [0.15, 0.2) is 47.4 Å². The normalized spacial score (nSPS) is 17.7. The van der Waals surface area contributed by atoms with Crippen LogP contribution in [0, 0.1) is 5.92 Å². The summed E-state index contributed by atoms with van der Waals surface area (Å²) in [6.45, 7) is 3.12. The van der Waals surface area contributed by atoms with Crippen LogP contribution in [0.5, 0.6) is 5.75 Å². The van der Waals surface area contributed by atoms with Crippen molar-refractivity contribution < 1.29 is 17.9 Å². The van der Waals surface area contributed by atoms with Crippen molar-refractivity contribution in [3.63, 3.8) is 0 Å². The molecule has 1 N–H and O–H groups in total. The molecule has 1 amide bonds. The maximum atomic E-state index is 13.2. The van der Waals surface area contributed by atoms with E-state index in [-0.39, 0.29) is 11.8 Å². The van der Waals surface area contributed by atoms with Crippen molar-refractivity contribution in [3.05, 3.63) is 53.6 Å². The molecule has 0 radical (unpaired) electrons. The Morgan fingerprint density at radius 1 is 1.06 bits per heavy atom. The summed E-state index contributed by atoms with van der Waals surface area (Å²) in [6.07, 6.45) is 5.28. The van der Waals surface area contributed by atoms with E-state index in [4.69, 9.17) is 4.74 Å². The zero-order valence-electron chi connectivity index (χ0n) is 18.0. The molecule has 1 heterocycles. The lowest BCUT2D eigenvalue weighted by Crippen LogP contribution is -2.41. The van der Waals surface area contributed by atoms with E-state index in [0.29, 0.717) is 48.9 Å². The van der Waals surface area contributed by atoms with Crippen molar-refractivity contribution in [1.29, 1.82) is 0 Å². The lowest BCUT2D eigenvalue weighted by atomic mass is 9.92. The maximum Gasteiger partial charge on any atom is 0.243 e. The number of fused-ring (bicyclic) bond motifs is 1. The predicted octanol–water partition coefficient (Wildman–Crippen LogP) is 4.00. The number of piperidine rings is 1. The third-order valence-electron chi connectivity index (χ3n) is 6.23. The summed E-state index contributed by atoms with van der Waals surface area (Å²) < 4.78 is 33.4. The molecule has 4 rings (SSSR count). The van der Waals surface area contributed by atoms with E-state index in [1.165, 1.54) is 16.3 Å². The highest BCUT2D eigenvalue weighted by Crippen LogP contribution is 2.30. The smallest absolute Gasteiger partial charge is 0.243 e. The summed E-state index contributed by atoms with van der Waals surface area (Å²) in [5.74, 6) is 0.341. The van der Waals surface area contributed by atoms with Crippen LogP contribution in [0.3, 0.4) is 0 Å². The number of hydrogen-bond acceptors (Lipinski definition) is 4. The minimum absolute atomic E-state index is 0.0852. The molecule has 0 unspecified atom stereocenters. The van der Waals surface area contributed by atoms with Crippen molar-refractivity contribution >= 4 is 21.6 Å². The lowest BCUT2D eigenvalue weighted by molar-refractivity contribution is -0.120. The molecule has 1 fully saturated rings. The molecule has 1 aliphatic carbocycles. The van der Waals surface area contributed by atoms with Gasteiger partial charge in [-0.05, 0) is 80.8 Å². The second-order valence-corrected chi connectivity index (χ2v) is 10.2. The minimum atomic E-state index is -3.54. The number of carbonyl (C=O) groups is 1. The van der Waals surface area contributed by atoms with E-state index in [9.17, 15) is 13.2 Å². The second kappa shape index (κ2) is 9.40. The van der Waals surface area contributed by atoms with Gasteiger partial charge >= 0.3 is 0 Å². The SMILES string of the molecule is CCOc1ccccc1NC(=O)C1CCN(S(=O)(=O)c2ccc3c(c2)CCCC3)CC1. The number of aryl methyl sites for hydroxylation is 2. The first kappa shape index (κ1) is 21.8. The van der Waals surface area contributed by atoms with Gasteiger partial charge in [0.05, 0.1) is 17.2 Å². The number of ether oxygens (including phenoxy) is 1. The fraction of sp³-hybridized carbons (Fsp3) is 0.458. The van der Waals surface area contributed by atoms with E-state index >= 15 is 0 Å². The fourth-order valence-electron chi connectivity index (χ4n) is 4.46. The predicted molar refractivity (Wildman–Crippen MR) is 121 cm³/mol. The number of nitrogens with zero attached hydrogens (tertiary/aromatic N) is 1. The highest BCUT2D eigenvalue weighted by molar-refractivity contribution is 7.89. The van der Waals surface area contributed by atoms with E-state index in [2.05, 4.69) is 5.32 Å². The van der Waals surface area contributed by atoms with Gasteiger partial charge in [0.15, 0.2) is 0 Å². The molecule has 0 spiro atoms. The van der Waals surface area contributed by atoms with Gasteiger partial charge in [-0.3, -0.25) is 4.79 Å². The summed E-state index contributed by atoms with van der Waals surface area (Å²) >= 11 is 0. The monoisotopic (exact) mass is 442 g/mol. The minimum Gasteiger partial charge on any atom is -0.492 e. The van der Waals surface area contributed by atoms with Crippen LogP contribution in [-0.2, 0) is 27.7 Å². The summed E-state index contributed by atoms with van der Waals surface area (Å²) in [6, 6.07) is 12.9. The first-order valence-electron chi connectivity index (χ1n) is 11.1. The van der Waals surface area contributed by atoms with Gasteiger partial charge in [0.2, 0.25) is 15.9 Å². The highest BCUT2D eigenvalue weighted by Gasteiger charge is 2.32. The number of benzene rings is 2. The number of para-hydroxylation sites is 2. The topological polar surface area (TPSA) is 75.7 Å². The summed E-state index contributed by atoms with van der Waals surface area (Å²) in [4.78, 5) is 13.2. The third-order valence-corrected chi connectivity index (χ3v) is 8.12. The van der Waals surface area contributed by atoms with Gasteiger partial charge < -0.3 is 10.1 Å². The number of anilines is 1. The Bertz CT molecular complexity index is 1040. The van der Waals surface area contributed by atoms with Crippen molar-refractivity contribution in [2.45, 2.75) is 50.3 Å². The van der Waals surface area contributed by atoms with Crippen LogP contribution in [0.1, 0.15) is 43.7 Å². The standard InChI is InChI=1S/C24H30N2O4S/c1-2-30-23-10-6-5-9-22(23)25-24(27)19-13-15-26(16-14-19)31(28,29)21-12-11-18-7-3-4-8-20(18)17-21/h5-6,9-12,17,19H,2-4,7-8,13-16H2,1H3,(H,25,27). The van der Waals surface area contributed by atoms with Gasteiger partial charge in [-0.15, -0.1) is 0 Å². The van der Waals surface area contributed by atoms with Crippen molar-refractivity contribution in [2.24, 2.45) is 5.92 Å². The van der Waals surface area contributed by atoms with Crippen LogP contribution >= 0.6 is 0 Å². The molecule has 2 aromatic rings. The fourth-order valence-corrected chi connectivity index (χ4v) is 5.98. The Balaban J connectivity index is 1.39. The van der Waals surface area contributed by atoms with Crippen LogP contribution in [0.4, 0.5) is 5.69 Å². The number of rotatable bonds is 6. The molecule has 2 aliphatic rings. The van der Waals surface area contributed by atoms with Gasteiger partial charge in [-0.1, -0.05) is 18.2 Å². The van der Waals surface area contributed by atoms with Crippen molar-refractivity contribution in [2.75, 3.05) is 25.0 Å². The van der Waals surface area contributed by atoms with E-state index in [0.717, 1.165) is 24.8 Å². The largest absolute Gasteiger partial charge is 0.492 e. The quantitative estimate of drug-likeness (QED) is 0.734. The van der Waals surface area contributed by atoms with Gasteiger partial charge in [-0.2, -0.15) is 4.31 Å². The van der Waals surface area contributed by atoms with Crippen LogP contribution in [-0.4, -0.2) is 38.3 Å². The molecule has 31 heavy (non-hydrogen) atoms. The first-order valence-corrected chi connectivity index (χ1v) is 12.6. The zero-order chi connectivity index (χ0) is 21.8. The van der Waals surface area contributed by atoms with Gasteiger partial charge in [-0.25, -0.2) is 8.42 Å². The molecule has 0 aromatic heterocycles. The van der Waals surface area contributed by atoms with Crippen LogP contribution in [0.25, 0.3) is 0 Å². The third kappa shape index (κ3) is 4.77. The zero-order valence-corrected chi connectivity index (χ0v) is 18.8. The molecule has 1 saturated heterocycles. The molecule has 2 aromatic carbocycles. The van der Waals surface area contributed by atoms with Crippen molar-refractivity contribution in [1.82, 2.24) is 4.31 Å². The maximum absolute atomic E-state index is 13.2. The summed E-state index contributed by atoms with van der Waals surface area (Å²) in [7, 11) is -3.54. The molecule has 6 nitrogen and oxygen atoms in total. The molecule has 0 saturated carbocycles. The highest BCUT2D eigenvalue weighted by atomic mass is 32.2. The molecule has 0 atom stereocenters. The second-order valence-electron chi connectivity index (χ2n) is 8.23. The molecule has 7 heteroatoms. The summed E-state index contributed by atoms with van der Waals surface area (Å²) in [5, 5.41) is 2.95. The van der Waals surface area contributed by atoms with Crippen LogP contribution in [0.2, 0.25) is 0 Å². The number of amides is 1. The van der Waals surface area contributed by atoms with Crippen molar-refractivity contribution in [3.8, 4) is 5.75 Å². The number of carbonyl (C=O) groups excluding carboxylic acids is 1. The van der Waals surface area contributed by atoms with E-state index in [1.54, 1.807) is 6.07 Å². The molecule has 1 aliphatic heterocycles. The number of hydrogen-bond donors (Lipinski definition) is 1. The molecule has 166 valence electrons. The molecular weight excluding hydrogens is 412 g/mol. The Labute approximate surface area is 184 Å². The van der Waals surface area contributed by atoms with E-state index in [1.807, 2.05) is 43.3 Å². The lowest BCUT2D eigenvalue weighted by Gasteiger charge is -2.31. The van der Waals surface area contributed by atoms with E-state index < -0.39 is 10.0 Å². The van der Waals surface area contributed by atoms with Gasteiger partial charge in [0.25, 0.3) is 0 Å². The number of nitrogens with one attached hydrogen (secondary N) is 1. The average molecular weight is 443 g/mol. The Hall–Kier alpha value is -2.38. The Morgan fingerprint density at radius 2 is 1.77 bits per heavy atom.